The molecule has 2 atom stereocenters. The first-order valence-corrected chi connectivity index (χ1v) is 11.4. The lowest BCUT2D eigenvalue weighted by Gasteiger charge is -2.52. The van der Waals surface area contributed by atoms with Crippen LogP contribution in [0.25, 0.3) is 0 Å². The van der Waals surface area contributed by atoms with Crippen LogP contribution in [-0.4, -0.2) is 42.9 Å². The Morgan fingerprint density at radius 2 is 1.97 bits per heavy atom. The third-order valence-corrected chi connectivity index (χ3v) is 6.86. The topological polar surface area (TPSA) is 52.5 Å². The van der Waals surface area contributed by atoms with Gasteiger partial charge in [-0.2, -0.15) is 5.10 Å². The quantitative estimate of drug-likeness (QED) is 0.589. The highest BCUT2D eigenvalue weighted by Crippen LogP contribution is 2.52. The van der Waals surface area contributed by atoms with E-state index in [1.54, 1.807) is 14.2 Å². The summed E-state index contributed by atoms with van der Waals surface area (Å²) in [5, 5.41) is 7.33. The molecule has 3 aliphatic rings. The second-order valence-electron chi connectivity index (χ2n) is 8.94. The van der Waals surface area contributed by atoms with Gasteiger partial charge in [0, 0.05) is 40.9 Å². The zero-order valence-corrected chi connectivity index (χ0v) is 19.9. The molecule has 0 radical (unpaired) electrons. The van der Waals surface area contributed by atoms with Crippen LogP contribution in [0.5, 0.6) is 17.2 Å². The molecule has 31 heavy (non-hydrogen) atoms. The summed E-state index contributed by atoms with van der Waals surface area (Å²) >= 11 is 3.63. The van der Waals surface area contributed by atoms with E-state index >= 15 is 0 Å². The fourth-order valence-electron chi connectivity index (χ4n) is 5.03. The van der Waals surface area contributed by atoms with Crippen LogP contribution in [0.15, 0.2) is 46.0 Å². The van der Waals surface area contributed by atoms with E-state index in [4.69, 9.17) is 24.0 Å². The second kappa shape index (κ2) is 7.41. The van der Waals surface area contributed by atoms with Gasteiger partial charge in [0.1, 0.15) is 17.2 Å². The molecule has 3 heterocycles. The Balaban J connectivity index is 1.62. The Hall–Kier alpha value is -2.25. The molecule has 1 fully saturated rings. The minimum Gasteiger partial charge on any atom is -0.497 e. The molecule has 5 rings (SSSR count). The van der Waals surface area contributed by atoms with Crippen molar-refractivity contribution in [3.63, 3.8) is 0 Å². The molecule has 2 aromatic carbocycles. The van der Waals surface area contributed by atoms with Gasteiger partial charge in [-0.25, -0.2) is 5.01 Å². The van der Waals surface area contributed by atoms with Gasteiger partial charge in [-0.3, -0.25) is 0 Å². The molecule has 7 heteroatoms. The van der Waals surface area contributed by atoms with E-state index in [1.807, 2.05) is 24.3 Å². The summed E-state index contributed by atoms with van der Waals surface area (Å²) < 4.78 is 24.8. The van der Waals surface area contributed by atoms with Gasteiger partial charge in [0.25, 0.3) is 0 Å². The predicted molar refractivity (Wildman–Crippen MR) is 122 cm³/mol. The van der Waals surface area contributed by atoms with Gasteiger partial charge in [0.2, 0.25) is 5.72 Å². The van der Waals surface area contributed by atoms with Crippen molar-refractivity contribution in [1.29, 1.82) is 0 Å². The highest BCUT2D eigenvalue weighted by molar-refractivity contribution is 9.10. The van der Waals surface area contributed by atoms with Gasteiger partial charge in [-0.05, 0) is 44.2 Å². The van der Waals surface area contributed by atoms with Gasteiger partial charge < -0.3 is 18.9 Å². The molecule has 164 valence electrons. The molecule has 0 N–H and O–H groups in total. The monoisotopic (exact) mass is 486 g/mol. The van der Waals surface area contributed by atoms with Crippen molar-refractivity contribution in [3.05, 3.63) is 52.0 Å². The highest BCUT2D eigenvalue weighted by Gasteiger charge is 2.54. The van der Waals surface area contributed by atoms with Gasteiger partial charge in [-0.15, -0.1) is 0 Å². The Morgan fingerprint density at radius 1 is 1.13 bits per heavy atom. The van der Waals surface area contributed by atoms with Crippen molar-refractivity contribution in [2.75, 3.05) is 20.8 Å². The van der Waals surface area contributed by atoms with E-state index in [1.165, 1.54) is 0 Å². The first-order chi connectivity index (χ1) is 14.8. The summed E-state index contributed by atoms with van der Waals surface area (Å²) in [6, 6.07) is 12.2. The van der Waals surface area contributed by atoms with Crippen molar-refractivity contribution in [2.45, 2.75) is 50.5 Å². The molecule has 6 nitrogen and oxygen atoms in total. The fraction of sp³-hybridized carbons (Fsp3) is 0.458. The third-order valence-electron chi connectivity index (χ3n) is 6.37. The Bertz CT molecular complexity index is 1050. The first kappa shape index (κ1) is 20.6. The molecular weight excluding hydrogens is 460 g/mol. The Labute approximate surface area is 191 Å². The summed E-state index contributed by atoms with van der Waals surface area (Å²) in [6.07, 6.45) is 2.28. The van der Waals surface area contributed by atoms with Crippen molar-refractivity contribution in [1.82, 2.24) is 5.01 Å². The molecule has 3 aliphatic heterocycles. The summed E-state index contributed by atoms with van der Waals surface area (Å²) in [7, 11) is 3.34. The van der Waals surface area contributed by atoms with Gasteiger partial charge >= 0.3 is 0 Å². The van der Waals surface area contributed by atoms with Crippen LogP contribution in [0.3, 0.4) is 0 Å². The third kappa shape index (κ3) is 3.48. The number of rotatable bonds is 3. The summed E-state index contributed by atoms with van der Waals surface area (Å²) in [5.41, 5.74) is 2.30. The van der Waals surface area contributed by atoms with Gasteiger partial charge in [0.05, 0.1) is 38.2 Å². The van der Waals surface area contributed by atoms with E-state index in [9.17, 15) is 0 Å². The minimum atomic E-state index is -0.533. The second-order valence-corrected chi connectivity index (χ2v) is 9.86. The lowest BCUT2D eigenvalue weighted by Crippen LogP contribution is -2.60. The van der Waals surface area contributed by atoms with Crippen LogP contribution in [0.1, 0.15) is 50.3 Å². The molecule has 1 spiro atoms. The van der Waals surface area contributed by atoms with Crippen molar-refractivity contribution in [3.8, 4) is 17.2 Å². The lowest BCUT2D eigenvalue weighted by molar-refractivity contribution is -0.212. The van der Waals surface area contributed by atoms with Crippen molar-refractivity contribution < 1.29 is 18.9 Å². The summed E-state index contributed by atoms with van der Waals surface area (Å²) in [6.45, 7) is 4.88. The number of halogens is 1. The number of hydrogen-bond donors (Lipinski definition) is 0. The average Bonchev–Trinajstić information content (AvgIpc) is 3.20. The fourth-order valence-corrected chi connectivity index (χ4v) is 5.40. The average molecular weight is 487 g/mol. The molecular formula is C24H27BrN2O4. The molecule has 1 saturated heterocycles. The predicted octanol–water partition coefficient (Wildman–Crippen LogP) is 5.30. The Morgan fingerprint density at radius 3 is 2.71 bits per heavy atom. The van der Waals surface area contributed by atoms with Crippen LogP contribution < -0.4 is 14.2 Å². The molecule has 0 aromatic heterocycles. The van der Waals surface area contributed by atoms with Crippen LogP contribution in [0, 0.1) is 0 Å². The van der Waals surface area contributed by atoms with Crippen molar-refractivity contribution >= 4 is 21.6 Å². The van der Waals surface area contributed by atoms with E-state index in [-0.39, 0.29) is 11.6 Å². The van der Waals surface area contributed by atoms with Crippen LogP contribution in [0.2, 0.25) is 0 Å². The minimum absolute atomic E-state index is 0.0944. The number of benzene rings is 2. The molecule has 0 bridgehead atoms. The largest absolute Gasteiger partial charge is 0.497 e. The maximum absolute atomic E-state index is 6.71. The molecule has 0 aliphatic carbocycles. The van der Waals surface area contributed by atoms with E-state index in [0.29, 0.717) is 6.61 Å². The number of ether oxygens (including phenoxy) is 4. The number of methoxy groups -OCH3 is 2. The standard InChI is InChI=1S/C24H27BrN2O4/c1-23(2)14-24(9-10-30-23)27-20(18-11-15(25)5-8-21(18)31-24)13-19(26-27)17-7-6-16(28-3)12-22(17)29-4/h5-8,11-12,20H,9-10,13-14H2,1-4H3/t20-,24+/m0/s1. The van der Waals surface area contributed by atoms with Crippen LogP contribution in [0.4, 0.5) is 0 Å². The van der Waals surface area contributed by atoms with E-state index < -0.39 is 5.72 Å². The number of fused-ring (bicyclic) bond motifs is 4. The van der Waals surface area contributed by atoms with Crippen molar-refractivity contribution in [2.24, 2.45) is 5.10 Å². The maximum atomic E-state index is 6.71. The van der Waals surface area contributed by atoms with Crippen LogP contribution in [-0.2, 0) is 4.74 Å². The zero-order chi connectivity index (χ0) is 21.8. The van der Waals surface area contributed by atoms with Crippen LogP contribution >= 0.6 is 15.9 Å². The first-order valence-electron chi connectivity index (χ1n) is 10.6. The zero-order valence-electron chi connectivity index (χ0n) is 18.3. The van der Waals surface area contributed by atoms with E-state index in [0.717, 1.165) is 57.8 Å². The molecule has 2 aromatic rings. The maximum Gasteiger partial charge on any atom is 0.203 e. The SMILES string of the molecule is COc1ccc(C2=NN3[C@@H](C2)c2cc(Br)ccc2O[C@@]32CCOC(C)(C)C2)c(OC)c1. The molecule has 0 unspecified atom stereocenters. The lowest BCUT2D eigenvalue weighted by atomic mass is 9.86. The molecule has 0 amide bonds. The Kier molecular flexibility index (Phi) is 4.94. The van der Waals surface area contributed by atoms with E-state index in [2.05, 4.69) is 46.9 Å². The number of hydrazone groups is 1. The van der Waals surface area contributed by atoms with Gasteiger partial charge in [0.15, 0.2) is 0 Å². The number of nitrogens with zero attached hydrogens (tertiary/aromatic N) is 2. The number of hydrogen-bond acceptors (Lipinski definition) is 6. The smallest absolute Gasteiger partial charge is 0.203 e. The van der Waals surface area contributed by atoms with Gasteiger partial charge in [-0.1, -0.05) is 15.9 Å². The normalized spacial score (nSPS) is 26.0. The highest BCUT2D eigenvalue weighted by atomic mass is 79.9. The summed E-state index contributed by atoms with van der Waals surface area (Å²) in [5.74, 6) is 2.45. The molecule has 0 saturated carbocycles. The summed E-state index contributed by atoms with van der Waals surface area (Å²) in [4.78, 5) is 0.